The van der Waals surface area contributed by atoms with Crippen LogP contribution in [0.25, 0.3) is 22.2 Å². The maximum atomic E-state index is 14.2. The minimum absolute atomic E-state index is 0.0377. The lowest BCUT2D eigenvalue weighted by Gasteiger charge is -2.17. The van der Waals surface area contributed by atoms with Crippen LogP contribution in [-0.4, -0.2) is 27.2 Å². The van der Waals surface area contributed by atoms with Crippen molar-refractivity contribution in [3.8, 4) is 17.2 Å². The highest BCUT2D eigenvalue weighted by Gasteiger charge is 2.36. The van der Waals surface area contributed by atoms with Crippen LogP contribution >= 0.6 is 23.2 Å². The molecule has 41 heavy (non-hydrogen) atoms. The number of imidazole rings is 1. The Bertz CT molecular complexity index is 1740. The van der Waals surface area contributed by atoms with Crippen molar-refractivity contribution in [2.24, 2.45) is 7.05 Å². The van der Waals surface area contributed by atoms with E-state index < -0.39 is 23.6 Å². The number of benzene rings is 3. The van der Waals surface area contributed by atoms with Crippen molar-refractivity contribution in [3.63, 3.8) is 0 Å². The Balaban J connectivity index is 1.69. The number of halogens is 5. The quantitative estimate of drug-likeness (QED) is 0.171. The molecule has 0 radical (unpaired) electrons. The van der Waals surface area contributed by atoms with E-state index in [1.165, 1.54) is 54.6 Å². The molecule has 12 heteroatoms. The Morgan fingerprint density at radius 1 is 1.15 bits per heavy atom. The highest BCUT2D eigenvalue weighted by Crippen LogP contribution is 2.45. The van der Waals surface area contributed by atoms with Crippen LogP contribution in [0.15, 0.2) is 60.7 Å². The largest absolute Gasteiger partial charge is 0.417 e. The van der Waals surface area contributed by atoms with Gasteiger partial charge in [-0.2, -0.15) is 18.4 Å². The van der Waals surface area contributed by atoms with E-state index in [9.17, 15) is 28.0 Å². The Morgan fingerprint density at radius 2 is 1.90 bits per heavy atom. The number of anilines is 2. The molecule has 2 N–H and O–H groups in total. The number of nitriles is 1. The molecule has 1 heterocycles. The van der Waals surface area contributed by atoms with Crippen LogP contribution in [0.2, 0.25) is 5.02 Å². The highest BCUT2D eigenvalue weighted by molar-refractivity contribution is 6.38. The molecule has 0 saturated carbocycles. The molecule has 0 fully saturated rings. The molecule has 3 aromatic carbocycles. The first kappa shape index (κ1) is 29.6. The fourth-order valence-electron chi connectivity index (χ4n) is 4.32. The Hall–Kier alpha value is -4.33. The summed E-state index contributed by atoms with van der Waals surface area (Å²) in [5.41, 5.74) is -0.0116. The maximum absolute atomic E-state index is 14.2. The van der Waals surface area contributed by atoms with Gasteiger partial charge in [0, 0.05) is 42.2 Å². The van der Waals surface area contributed by atoms with Crippen LogP contribution in [0.4, 0.5) is 24.5 Å². The predicted octanol–water partition coefficient (Wildman–Crippen LogP) is 7.33. The van der Waals surface area contributed by atoms with Crippen molar-refractivity contribution in [2.75, 3.05) is 16.5 Å². The van der Waals surface area contributed by atoms with Gasteiger partial charge >= 0.3 is 6.18 Å². The van der Waals surface area contributed by atoms with Crippen molar-refractivity contribution in [3.05, 3.63) is 88.2 Å². The predicted molar refractivity (Wildman–Crippen MR) is 153 cm³/mol. The monoisotopic (exact) mass is 599 g/mol. The standard InChI is InChI=1S/C29H22Cl2F3N5O2/c1-3-23-38-27-22(39(23)2)14-20(29(32,33)34)25(26(27)31)16-6-4-7-19(13-16)36-28(41)17-9-10-21(18(12-17)15-35)37-24(40)8-5-11-30/h4-10,12-14H,3,11H2,1-2H3,(H,36,41)(H,37,40). The third-order valence-electron chi connectivity index (χ3n) is 6.26. The van der Waals surface area contributed by atoms with Gasteiger partial charge in [0.2, 0.25) is 5.91 Å². The molecular weight excluding hydrogens is 578 g/mol. The number of carbonyl (C=O) groups excluding carboxylic acids is 2. The van der Waals surface area contributed by atoms with Crippen molar-refractivity contribution in [2.45, 2.75) is 19.5 Å². The van der Waals surface area contributed by atoms with E-state index in [2.05, 4.69) is 15.6 Å². The van der Waals surface area contributed by atoms with E-state index in [0.29, 0.717) is 12.2 Å². The summed E-state index contributed by atoms with van der Waals surface area (Å²) in [5, 5.41) is 14.5. The zero-order valence-corrected chi connectivity index (χ0v) is 23.2. The van der Waals surface area contributed by atoms with Gasteiger partial charge in [0.15, 0.2) is 0 Å². The van der Waals surface area contributed by atoms with E-state index in [0.717, 1.165) is 6.07 Å². The summed E-state index contributed by atoms with van der Waals surface area (Å²) in [6, 6.07) is 12.9. The molecular formula is C29H22Cl2F3N5O2. The van der Waals surface area contributed by atoms with Gasteiger partial charge in [-0.05, 0) is 42.0 Å². The normalized spacial score (nSPS) is 11.6. The van der Waals surface area contributed by atoms with Gasteiger partial charge in [-0.1, -0.05) is 36.7 Å². The zero-order valence-electron chi connectivity index (χ0n) is 21.7. The van der Waals surface area contributed by atoms with Crippen LogP contribution in [-0.2, 0) is 24.4 Å². The molecule has 4 rings (SSSR count). The summed E-state index contributed by atoms with van der Waals surface area (Å²) in [7, 11) is 1.64. The first-order chi connectivity index (χ1) is 19.5. The SMILES string of the molecule is CCc1nc2c(Cl)c(-c3cccc(NC(=O)c4ccc(NC(=O)C=CCCl)c(C#N)c4)c3)c(C(F)(F)F)cc2n1C. The van der Waals surface area contributed by atoms with Crippen molar-refractivity contribution >= 4 is 57.4 Å². The van der Waals surface area contributed by atoms with E-state index in [-0.39, 0.29) is 55.6 Å². The number of alkyl halides is 4. The second kappa shape index (κ2) is 12.0. The number of hydrogen-bond donors (Lipinski definition) is 2. The van der Waals surface area contributed by atoms with Crippen LogP contribution in [0.3, 0.4) is 0 Å². The molecule has 0 unspecified atom stereocenters. The van der Waals surface area contributed by atoms with Gasteiger partial charge in [0.25, 0.3) is 5.91 Å². The third-order valence-corrected chi connectivity index (χ3v) is 6.81. The maximum Gasteiger partial charge on any atom is 0.417 e. The van der Waals surface area contributed by atoms with E-state index >= 15 is 0 Å². The van der Waals surface area contributed by atoms with Crippen molar-refractivity contribution in [1.82, 2.24) is 9.55 Å². The Kier molecular flexibility index (Phi) is 8.71. The lowest BCUT2D eigenvalue weighted by molar-refractivity contribution is -0.137. The topological polar surface area (TPSA) is 99.8 Å². The molecule has 0 aliphatic rings. The molecule has 2 amide bonds. The summed E-state index contributed by atoms with van der Waals surface area (Å²) in [6.07, 6.45) is -1.56. The molecule has 0 aliphatic carbocycles. The molecule has 210 valence electrons. The van der Waals surface area contributed by atoms with Crippen molar-refractivity contribution < 1.29 is 22.8 Å². The number of rotatable bonds is 7. The summed E-state index contributed by atoms with van der Waals surface area (Å²) >= 11 is 12.1. The molecule has 0 spiro atoms. The number of nitrogens with one attached hydrogen (secondary N) is 2. The van der Waals surface area contributed by atoms with Crippen LogP contribution in [0.1, 0.15) is 34.2 Å². The molecule has 7 nitrogen and oxygen atoms in total. The first-order valence-corrected chi connectivity index (χ1v) is 13.1. The van der Waals surface area contributed by atoms with Gasteiger partial charge in [-0.15, -0.1) is 11.6 Å². The van der Waals surface area contributed by atoms with E-state index in [4.69, 9.17) is 23.2 Å². The number of amides is 2. The van der Waals surface area contributed by atoms with Crippen LogP contribution in [0.5, 0.6) is 0 Å². The average molecular weight is 600 g/mol. The molecule has 0 atom stereocenters. The summed E-state index contributed by atoms with van der Waals surface area (Å²) in [4.78, 5) is 29.4. The minimum Gasteiger partial charge on any atom is -0.331 e. The number of fused-ring (bicyclic) bond motifs is 1. The minimum atomic E-state index is -4.71. The highest BCUT2D eigenvalue weighted by atomic mass is 35.5. The number of aromatic nitrogens is 2. The van der Waals surface area contributed by atoms with Crippen molar-refractivity contribution in [1.29, 1.82) is 5.26 Å². The van der Waals surface area contributed by atoms with E-state index in [1.54, 1.807) is 11.6 Å². The molecule has 1 aromatic heterocycles. The van der Waals surface area contributed by atoms with Crippen LogP contribution in [0, 0.1) is 11.3 Å². The molecule has 0 aliphatic heterocycles. The fraction of sp³-hybridized carbons (Fsp3) is 0.172. The Morgan fingerprint density at radius 3 is 2.56 bits per heavy atom. The van der Waals surface area contributed by atoms with Crippen LogP contribution < -0.4 is 10.6 Å². The zero-order chi connectivity index (χ0) is 29.9. The number of nitrogens with zero attached hydrogens (tertiary/aromatic N) is 3. The number of carbonyl (C=O) groups is 2. The van der Waals surface area contributed by atoms with Gasteiger partial charge in [-0.3, -0.25) is 9.59 Å². The lowest BCUT2D eigenvalue weighted by atomic mass is 9.97. The van der Waals surface area contributed by atoms with Gasteiger partial charge in [-0.25, -0.2) is 4.98 Å². The smallest absolute Gasteiger partial charge is 0.331 e. The lowest BCUT2D eigenvalue weighted by Crippen LogP contribution is -2.14. The first-order valence-electron chi connectivity index (χ1n) is 12.2. The van der Waals surface area contributed by atoms with Gasteiger partial charge < -0.3 is 15.2 Å². The Labute approximate surface area is 243 Å². The number of aryl methyl sites for hydroxylation is 2. The average Bonchev–Trinajstić information content (AvgIpc) is 3.27. The molecule has 0 bridgehead atoms. The number of allylic oxidation sites excluding steroid dienone is 1. The molecule has 0 saturated heterocycles. The molecule has 4 aromatic rings. The summed E-state index contributed by atoms with van der Waals surface area (Å²) in [5.74, 6) is -0.390. The van der Waals surface area contributed by atoms with E-state index in [1.807, 2.05) is 13.0 Å². The second-order valence-electron chi connectivity index (χ2n) is 8.87. The number of hydrogen-bond acceptors (Lipinski definition) is 4. The summed E-state index contributed by atoms with van der Waals surface area (Å²) in [6.45, 7) is 1.84. The van der Waals surface area contributed by atoms with Gasteiger partial charge in [0.05, 0.1) is 27.4 Å². The summed E-state index contributed by atoms with van der Waals surface area (Å²) < 4.78 is 44.2. The fourth-order valence-corrected chi connectivity index (χ4v) is 4.76. The third kappa shape index (κ3) is 6.21. The second-order valence-corrected chi connectivity index (χ2v) is 9.56. The van der Waals surface area contributed by atoms with Gasteiger partial charge in [0.1, 0.15) is 17.4 Å².